The van der Waals surface area contributed by atoms with Crippen molar-refractivity contribution in [1.82, 2.24) is 14.6 Å². The van der Waals surface area contributed by atoms with Gasteiger partial charge in [-0.2, -0.15) is 0 Å². The molecule has 2 saturated carbocycles. The van der Waals surface area contributed by atoms with E-state index in [2.05, 4.69) is 15.4 Å². The lowest BCUT2D eigenvalue weighted by Gasteiger charge is -2.25. The van der Waals surface area contributed by atoms with Crippen molar-refractivity contribution in [1.29, 1.82) is 0 Å². The molecule has 0 atom stereocenters. The van der Waals surface area contributed by atoms with Gasteiger partial charge in [0.15, 0.2) is 5.75 Å². The van der Waals surface area contributed by atoms with Crippen molar-refractivity contribution in [2.45, 2.75) is 58.5 Å². The standard InChI is InChI=1S/C29H33ClFN5O3S/c1-5-36(40-34-19-12-13-19)22-7-6-8-23(25(22)30)39-26-17(3)29(38)35(4)27(24(26)28(37)32-18-10-11-18)33-21-14-9-16(2)15-20(21)31/h6-9,14-15,18-19,33-34H,5,10-13H2,1-4H3,(H,32,37). The zero-order valence-corrected chi connectivity index (χ0v) is 24.5. The Bertz CT molecular complexity index is 1510. The van der Waals surface area contributed by atoms with Gasteiger partial charge in [0.25, 0.3) is 11.5 Å². The molecule has 0 radical (unpaired) electrons. The number of aromatic nitrogens is 1. The molecule has 8 nitrogen and oxygen atoms in total. The van der Waals surface area contributed by atoms with Gasteiger partial charge in [0.05, 0.1) is 16.9 Å². The summed E-state index contributed by atoms with van der Waals surface area (Å²) < 4.78 is 27.9. The van der Waals surface area contributed by atoms with Crippen LogP contribution in [-0.4, -0.2) is 29.1 Å². The maximum atomic E-state index is 14.9. The number of amides is 1. The number of halogens is 2. The maximum Gasteiger partial charge on any atom is 0.259 e. The molecular weight excluding hydrogens is 553 g/mol. The van der Waals surface area contributed by atoms with E-state index < -0.39 is 11.7 Å². The Kier molecular flexibility index (Phi) is 8.30. The molecule has 0 unspecified atom stereocenters. The van der Waals surface area contributed by atoms with Gasteiger partial charge in [-0.15, -0.1) is 0 Å². The number of benzene rings is 2. The summed E-state index contributed by atoms with van der Waals surface area (Å²) in [5, 5.41) is 6.32. The normalized spacial score (nSPS) is 14.7. The van der Waals surface area contributed by atoms with Crippen LogP contribution in [-0.2, 0) is 7.05 Å². The fourth-order valence-electron chi connectivity index (χ4n) is 4.24. The van der Waals surface area contributed by atoms with Crippen molar-refractivity contribution < 1.29 is 13.9 Å². The molecule has 212 valence electrons. The van der Waals surface area contributed by atoms with Gasteiger partial charge in [0.2, 0.25) is 0 Å². The Hall–Kier alpha value is -3.21. The lowest BCUT2D eigenvalue weighted by atomic mass is 10.1. The maximum absolute atomic E-state index is 14.9. The van der Waals surface area contributed by atoms with Crippen LogP contribution in [0.5, 0.6) is 11.5 Å². The van der Waals surface area contributed by atoms with Crippen LogP contribution in [0.4, 0.5) is 21.6 Å². The molecule has 2 aliphatic rings. The summed E-state index contributed by atoms with van der Waals surface area (Å²) in [5.74, 6) is -0.427. The van der Waals surface area contributed by atoms with Gasteiger partial charge in [-0.25, -0.2) is 9.11 Å². The summed E-state index contributed by atoms with van der Waals surface area (Å²) in [4.78, 5) is 27.0. The number of nitrogens with one attached hydrogen (secondary N) is 3. The van der Waals surface area contributed by atoms with Crippen LogP contribution in [0.25, 0.3) is 0 Å². The van der Waals surface area contributed by atoms with Crippen LogP contribution in [0.3, 0.4) is 0 Å². The highest BCUT2D eigenvalue weighted by Crippen LogP contribution is 2.42. The van der Waals surface area contributed by atoms with E-state index in [0.717, 1.165) is 36.9 Å². The summed E-state index contributed by atoms with van der Waals surface area (Å²) >= 11 is 8.35. The van der Waals surface area contributed by atoms with Crippen LogP contribution in [0.1, 0.15) is 54.1 Å². The average molecular weight is 586 g/mol. The van der Waals surface area contributed by atoms with Gasteiger partial charge in [0.1, 0.15) is 28.0 Å². The van der Waals surface area contributed by atoms with Crippen LogP contribution < -0.4 is 30.0 Å². The number of pyridine rings is 1. The van der Waals surface area contributed by atoms with Gasteiger partial charge in [-0.1, -0.05) is 23.7 Å². The summed E-state index contributed by atoms with van der Waals surface area (Å²) in [7, 11) is 1.54. The van der Waals surface area contributed by atoms with E-state index in [4.69, 9.17) is 16.3 Å². The third-order valence-corrected chi connectivity index (χ3v) is 8.39. The van der Waals surface area contributed by atoms with Crippen LogP contribution in [0, 0.1) is 19.7 Å². The molecule has 0 spiro atoms. The lowest BCUT2D eigenvalue weighted by Crippen LogP contribution is -2.31. The third-order valence-electron chi connectivity index (χ3n) is 6.90. The van der Waals surface area contributed by atoms with E-state index in [9.17, 15) is 14.0 Å². The van der Waals surface area contributed by atoms with E-state index in [1.54, 1.807) is 32.0 Å². The average Bonchev–Trinajstić information content (AvgIpc) is 3.86. The molecule has 0 aliphatic heterocycles. The minimum Gasteiger partial charge on any atom is -0.454 e. The third kappa shape index (κ3) is 6.09. The Morgan fingerprint density at radius 3 is 2.55 bits per heavy atom. The monoisotopic (exact) mass is 585 g/mol. The second-order valence-corrected chi connectivity index (χ2v) is 11.5. The van der Waals surface area contributed by atoms with Crippen molar-refractivity contribution in [2.24, 2.45) is 7.05 Å². The number of rotatable bonds is 11. The molecule has 3 aromatic rings. The van der Waals surface area contributed by atoms with Crippen molar-refractivity contribution in [3.05, 3.63) is 74.3 Å². The van der Waals surface area contributed by atoms with E-state index in [0.29, 0.717) is 23.4 Å². The SMILES string of the molecule is CCN(SNC1CC1)c1cccc(Oc2c(C(=O)NC3CC3)c(Nc3ccc(C)cc3F)n(C)c(=O)c2C)c1Cl. The molecule has 11 heteroatoms. The molecule has 5 rings (SSSR count). The number of nitrogens with zero attached hydrogens (tertiary/aromatic N) is 2. The number of carbonyl (C=O) groups excluding carboxylic acids is 1. The van der Waals surface area contributed by atoms with Crippen LogP contribution >= 0.6 is 23.7 Å². The van der Waals surface area contributed by atoms with Crippen molar-refractivity contribution in [2.75, 3.05) is 16.2 Å². The Balaban J connectivity index is 1.58. The molecule has 0 saturated heterocycles. The van der Waals surface area contributed by atoms with Crippen LogP contribution in [0.2, 0.25) is 5.02 Å². The van der Waals surface area contributed by atoms with Crippen molar-refractivity contribution >= 4 is 46.8 Å². The number of ether oxygens (including phenoxy) is 1. The van der Waals surface area contributed by atoms with E-state index in [-0.39, 0.29) is 40.0 Å². The topological polar surface area (TPSA) is 87.6 Å². The molecule has 1 amide bonds. The van der Waals surface area contributed by atoms with E-state index in [1.807, 2.05) is 23.4 Å². The molecule has 40 heavy (non-hydrogen) atoms. The fraction of sp³-hybridized carbons (Fsp3) is 0.379. The molecule has 1 heterocycles. The molecule has 2 aliphatic carbocycles. The largest absolute Gasteiger partial charge is 0.454 e. The molecule has 0 bridgehead atoms. The first-order chi connectivity index (χ1) is 19.2. The smallest absolute Gasteiger partial charge is 0.259 e. The molecule has 2 aromatic carbocycles. The van der Waals surface area contributed by atoms with Gasteiger partial charge in [0, 0.05) is 37.8 Å². The summed E-state index contributed by atoms with van der Waals surface area (Å²) in [5.41, 5.74) is 1.57. The highest BCUT2D eigenvalue weighted by Gasteiger charge is 2.31. The summed E-state index contributed by atoms with van der Waals surface area (Å²) in [6.07, 6.45) is 4.04. The van der Waals surface area contributed by atoms with Crippen molar-refractivity contribution in [3.8, 4) is 11.5 Å². The van der Waals surface area contributed by atoms with E-state index in [1.165, 1.54) is 29.8 Å². The number of anilines is 3. The summed E-state index contributed by atoms with van der Waals surface area (Å²) in [6.45, 7) is 6.10. The Morgan fingerprint density at radius 1 is 1.18 bits per heavy atom. The van der Waals surface area contributed by atoms with E-state index >= 15 is 0 Å². The zero-order valence-electron chi connectivity index (χ0n) is 22.9. The molecule has 2 fully saturated rings. The number of hydrogen-bond acceptors (Lipinski definition) is 7. The predicted octanol–water partition coefficient (Wildman–Crippen LogP) is 6.36. The minimum absolute atomic E-state index is 0.0443. The molecule has 3 N–H and O–H groups in total. The number of hydrogen-bond donors (Lipinski definition) is 3. The van der Waals surface area contributed by atoms with Gasteiger partial charge in [-0.3, -0.25) is 14.2 Å². The number of aryl methyl sites for hydroxylation is 1. The first-order valence-electron chi connectivity index (χ1n) is 13.4. The highest BCUT2D eigenvalue weighted by atomic mass is 35.5. The van der Waals surface area contributed by atoms with Gasteiger partial charge < -0.3 is 19.7 Å². The number of carbonyl (C=O) groups is 1. The fourth-order valence-corrected chi connectivity index (χ4v) is 5.44. The Morgan fingerprint density at radius 2 is 1.90 bits per heavy atom. The quantitative estimate of drug-likeness (QED) is 0.226. The first-order valence-corrected chi connectivity index (χ1v) is 14.6. The summed E-state index contributed by atoms with van der Waals surface area (Å²) in [6, 6.07) is 10.7. The Labute approximate surface area is 242 Å². The van der Waals surface area contributed by atoms with Crippen LogP contribution in [0.15, 0.2) is 41.2 Å². The molecular formula is C29H33ClFN5O3S. The van der Waals surface area contributed by atoms with Crippen molar-refractivity contribution in [3.63, 3.8) is 0 Å². The highest BCUT2D eigenvalue weighted by molar-refractivity contribution is 7.98. The second-order valence-electron chi connectivity index (χ2n) is 10.3. The zero-order chi connectivity index (χ0) is 28.6. The second kappa shape index (κ2) is 11.7. The first kappa shape index (κ1) is 28.3. The molecule has 1 aromatic heterocycles. The predicted molar refractivity (Wildman–Crippen MR) is 160 cm³/mol. The van der Waals surface area contributed by atoms with Gasteiger partial charge >= 0.3 is 0 Å². The lowest BCUT2D eigenvalue weighted by molar-refractivity contribution is 0.0948. The minimum atomic E-state index is -0.503. The van der Waals surface area contributed by atoms with Gasteiger partial charge in [-0.05, 0) is 76.3 Å².